The number of nitrogens with two attached hydrogens (primary N) is 1. The van der Waals surface area contributed by atoms with E-state index >= 15 is 0 Å². The third-order valence-corrected chi connectivity index (χ3v) is 7.35. The van der Waals surface area contributed by atoms with E-state index in [0.29, 0.717) is 5.82 Å². The number of benzene rings is 2. The van der Waals surface area contributed by atoms with Gasteiger partial charge >= 0.3 is 0 Å². The van der Waals surface area contributed by atoms with Crippen molar-refractivity contribution < 1.29 is 33.1 Å². The highest BCUT2D eigenvalue weighted by molar-refractivity contribution is 6.14. The molecule has 44 heavy (non-hydrogen) atoms. The van der Waals surface area contributed by atoms with Gasteiger partial charge in [0.05, 0.1) is 24.3 Å². The van der Waals surface area contributed by atoms with Gasteiger partial charge in [-0.1, -0.05) is 51.1 Å². The number of ketones is 1. The van der Waals surface area contributed by atoms with Crippen molar-refractivity contribution >= 4 is 23.5 Å². The fourth-order valence-corrected chi connectivity index (χ4v) is 5.16. The molecule has 4 rings (SSSR count). The molecule has 0 aliphatic carbocycles. The van der Waals surface area contributed by atoms with Crippen LogP contribution >= 0.6 is 0 Å². The van der Waals surface area contributed by atoms with Crippen LogP contribution in [0.3, 0.4) is 0 Å². The lowest BCUT2D eigenvalue weighted by Gasteiger charge is -2.40. The summed E-state index contributed by atoms with van der Waals surface area (Å²) < 4.78 is 30.8. The second-order valence-electron chi connectivity index (χ2n) is 11.7. The molecule has 1 aromatic heterocycles. The third-order valence-electron chi connectivity index (χ3n) is 7.35. The fraction of sp³-hybridized carbons (Fsp3) is 0.344. The van der Waals surface area contributed by atoms with Gasteiger partial charge in [-0.05, 0) is 35.6 Å². The summed E-state index contributed by atoms with van der Waals surface area (Å²) in [5.41, 5.74) is 6.42. The molecule has 10 nitrogen and oxygen atoms in total. The standard InChI is InChI=1S/C32H35F2N5O5/c1-32(2,3)30(38(29(44)19-40)14-13-24(35)26(41)18-39-27(42)11-12-28(39)43)31-36-25(22-15-21(33)9-10-23(22)34)17-37(31)16-20-7-5-4-6-8-20/h4-12,15,17,24,30,40H,13-14,16,18-19,35H2,1-3H3/t24-,30-/m0/s1. The van der Waals surface area contributed by atoms with Crippen LogP contribution in [0.15, 0.2) is 66.9 Å². The van der Waals surface area contributed by atoms with Crippen LogP contribution in [0.25, 0.3) is 11.3 Å². The summed E-state index contributed by atoms with van der Waals surface area (Å²) in [6, 6.07) is 10.5. The van der Waals surface area contributed by atoms with Crippen LogP contribution in [0.2, 0.25) is 0 Å². The van der Waals surface area contributed by atoms with E-state index in [-0.39, 0.29) is 30.8 Å². The van der Waals surface area contributed by atoms with E-state index in [4.69, 9.17) is 10.7 Å². The van der Waals surface area contributed by atoms with Crippen molar-refractivity contribution in [1.82, 2.24) is 19.4 Å². The van der Waals surface area contributed by atoms with Gasteiger partial charge in [0.2, 0.25) is 5.91 Å². The molecule has 2 heterocycles. The van der Waals surface area contributed by atoms with Crippen LogP contribution < -0.4 is 5.73 Å². The van der Waals surface area contributed by atoms with Crippen LogP contribution in [0, 0.1) is 17.0 Å². The zero-order chi connectivity index (χ0) is 32.2. The van der Waals surface area contributed by atoms with Crippen LogP contribution in [-0.2, 0) is 25.7 Å². The Balaban J connectivity index is 1.71. The molecule has 0 spiro atoms. The van der Waals surface area contributed by atoms with Crippen LogP contribution in [0.5, 0.6) is 0 Å². The molecule has 0 unspecified atom stereocenters. The highest BCUT2D eigenvalue weighted by Gasteiger charge is 2.39. The minimum absolute atomic E-state index is 0.0500. The Morgan fingerprint density at radius 2 is 1.70 bits per heavy atom. The maximum absolute atomic E-state index is 14.9. The van der Waals surface area contributed by atoms with Crippen LogP contribution in [0.1, 0.15) is 44.6 Å². The first-order chi connectivity index (χ1) is 20.8. The molecule has 0 saturated carbocycles. The predicted molar refractivity (Wildman–Crippen MR) is 158 cm³/mol. The molecule has 12 heteroatoms. The second kappa shape index (κ2) is 13.4. The number of nitrogens with zero attached hydrogens (tertiary/aromatic N) is 4. The third kappa shape index (κ3) is 7.32. The van der Waals surface area contributed by atoms with Gasteiger partial charge in [-0.15, -0.1) is 0 Å². The Hall–Kier alpha value is -4.55. The van der Waals surface area contributed by atoms with Gasteiger partial charge < -0.3 is 20.3 Å². The summed E-state index contributed by atoms with van der Waals surface area (Å²) in [5, 5.41) is 9.95. The smallest absolute Gasteiger partial charge is 0.254 e. The number of hydrogen-bond acceptors (Lipinski definition) is 7. The highest BCUT2D eigenvalue weighted by atomic mass is 19.1. The van der Waals surface area contributed by atoms with Crippen molar-refractivity contribution in [1.29, 1.82) is 0 Å². The molecular weight excluding hydrogens is 572 g/mol. The topological polar surface area (TPSA) is 139 Å². The number of aromatic nitrogens is 2. The Morgan fingerprint density at radius 3 is 2.32 bits per heavy atom. The van der Waals surface area contributed by atoms with E-state index in [1.54, 1.807) is 10.8 Å². The number of carbonyl (C=O) groups is 4. The first kappa shape index (κ1) is 32.4. The maximum atomic E-state index is 14.9. The summed E-state index contributed by atoms with van der Waals surface area (Å²) in [6.07, 6.45) is 3.68. The monoisotopic (exact) mass is 607 g/mol. The number of aliphatic hydroxyl groups is 1. The van der Waals surface area contributed by atoms with Crippen molar-refractivity contribution in [2.45, 2.75) is 45.8 Å². The van der Waals surface area contributed by atoms with E-state index in [1.807, 2.05) is 51.1 Å². The number of rotatable bonds is 12. The largest absolute Gasteiger partial charge is 0.387 e. The predicted octanol–water partition coefficient (Wildman–Crippen LogP) is 3.00. The molecule has 2 atom stereocenters. The molecular formula is C32H35F2N5O5. The molecule has 0 bridgehead atoms. The summed E-state index contributed by atoms with van der Waals surface area (Å²) in [5.74, 6) is -3.43. The van der Waals surface area contributed by atoms with Crippen molar-refractivity contribution in [3.05, 3.63) is 89.9 Å². The summed E-state index contributed by atoms with van der Waals surface area (Å²) in [4.78, 5) is 56.7. The molecule has 0 saturated heterocycles. The number of imide groups is 1. The summed E-state index contributed by atoms with van der Waals surface area (Å²) >= 11 is 0. The molecule has 1 aliphatic heterocycles. The number of hydrogen-bond donors (Lipinski definition) is 2. The van der Waals surface area contributed by atoms with E-state index < -0.39 is 65.8 Å². The summed E-state index contributed by atoms with van der Waals surface area (Å²) in [6.45, 7) is 4.44. The van der Waals surface area contributed by atoms with Gasteiger partial charge in [0.15, 0.2) is 5.78 Å². The quantitative estimate of drug-likeness (QED) is 0.302. The van der Waals surface area contributed by atoms with Gasteiger partial charge in [-0.2, -0.15) is 0 Å². The molecule has 3 amide bonds. The average Bonchev–Trinajstić information content (AvgIpc) is 3.53. The molecule has 0 radical (unpaired) electrons. The number of halogens is 2. The Kier molecular flexibility index (Phi) is 9.85. The van der Waals surface area contributed by atoms with Crippen LogP contribution in [0.4, 0.5) is 8.78 Å². The molecule has 2 aromatic carbocycles. The number of Topliss-reactive ketones (excluding diaryl/α,β-unsaturated/α-hetero) is 1. The number of imidazole rings is 1. The first-order valence-electron chi connectivity index (χ1n) is 14.1. The van der Waals surface area contributed by atoms with E-state index in [9.17, 15) is 33.1 Å². The van der Waals surface area contributed by atoms with Gasteiger partial charge in [-0.3, -0.25) is 24.1 Å². The van der Waals surface area contributed by atoms with E-state index in [0.717, 1.165) is 40.8 Å². The zero-order valence-electron chi connectivity index (χ0n) is 24.7. The maximum Gasteiger partial charge on any atom is 0.254 e. The number of carbonyl (C=O) groups excluding carboxylic acids is 4. The Morgan fingerprint density at radius 1 is 1.05 bits per heavy atom. The van der Waals surface area contributed by atoms with Gasteiger partial charge in [0.1, 0.15) is 24.1 Å². The van der Waals surface area contributed by atoms with Gasteiger partial charge in [-0.25, -0.2) is 13.8 Å². The van der Waals surface area contributed by atoms with Crippen molar-refractivity contribution in [2.24, 2.45) is 11.1 Å². The van der Waals surface area contributed by atoms with Gasteiger partial charge in [0.25, 0.3) is 11.8 Å². The number of amides is 3. The zero-order valence-corrected chi connectivity index (χ0v) is 24.7. The Labute approximate surface area is 253 Å². The lowest BCUT2D eigenvalue weighted by atomic mass is 9.84. The molecule has 3 N–H and O–H groups in total. The normalized spacial score (nSPS) is 14.7. The van der Waals surface area contributed by atoms with E-state index in [1.165, 1.54) is 4.90 Å². The second-order valence-corrected chi connectivity index (χ2v) is 11.7. The molecule has 0 fully saturated rings. The van der Waals surface area contributed by atoms with Crippen molar-refractivity contribution in [3.63, 3.8) is 0 Å². The summed E-state index contributed by atoms with van der Waals surface area (Å²) in [7, 11) is 0. The lowest BCUT2D eigenvalue weighted by molar-refractivity contribution is -0.141. The SMILES string of the molecule is CC(C)(C)[C@H](c1nc(-c2cc(F)ccc2F)cn1Cc1ccccc1)N(CC[C@H](N)C(=O)CN1C(=O)C=CC1=O)C(=O)CO. The van der Waals surface area contributed by atoms with Crippen molar-refractivity contribution in [2.75, 3.05) is 19.7 Å². The van der Waals surface area contributed by atoms with Gasteiger partial charge in [0, 0.05) is 37.0 Å². The molecule has 3 aromatic rings. The molecule has 232 valence electrons. The van der Waals surface area contributed by atoms with E-state index in [2.05, 4.69) is 0 Å². The highest BCUT2D eigenvalue weighted by Crippen LogP contribution is 2.39. The lowest BCUT2D eigenvalue weighted by Crippen LogP contribution is -2.47. The fourth-order valence-electron chi connectivity index (χ4n) is 5.16. The first-order valence-corrected chi connectivity index (χ1v) is 14.1. The Bertz CT molecular complexity index is 1560. The van der Waals surface area contributed by atoms with Crippen LogP contribution in [-0.4, -0.2) is 73.7 Å². The number of aliphatic hydroxyl groups excluding tert-OH is 1. The minimum Gasteiger partial charge on any atom is -0.387 e. The van der Waals surface area contributed by atoms with Crippen molar-refractivity contribution in [3.8, 4) is 11.3 Å². The average molecular weight is 608 g/mol. The molecule has 1 aliphatic rings. The minimum atomic E-state index is -1.13.